The van der Waals surface area contributed by atoms with E-state index < -0.39 is 0 Å². The van der Waals surface area contributed by atoms with Crippen LogP contribution in [0.2, 0.25) is 0 Å². The van der Waals surface area contributed by atoms with Crippen LogP contribution in [0.3, 0.4) is 0 Å². The Bertz CT molecular complexity index is 586. The topological polar surface area (TPSA) is 40.5 Å². The minimum atomic E-state index is -0.249. The molecular weight excluding hydrogens is 270 g/mol. The van der Waals surface area contributed by atoms with E-state index in [2.05, 4.69) is 12.1 Å². The average molecular weight is 287 g/mol. The highest BCUT2D eigenvalue weighted by atomic mass is 32.1. The van der Waals surface area contributed by atoms with Gasteiger partial charge in [0.05, 0.1) is 11.7 Å². The van der Waals surface area contributed by atoms with Crippen LogP contribution in [0.1, 0.15) is 23.2 Å². The highest BCUT2D eigenvalue weighted by molar-refractivity contribution is 7.13. The Labute approximate surface area is 122 Å². The molecule has 0 spiro atoms. The standard InChI is InChI=1S/C16H17NO2S/c18-14-6-8-17(9-7-14)16(19)13-10-15(20-11-13)12-4-2-1-3-5-12/h1-5,10-11,14,18H,6-9H2. The van der Waals surface area contributed by atoms with E-state index >= 15 is 0 Å². The van der Waals surface area contributed by atoms with Crippen LogP contribution in [0, 0.1) is 0 Å². The molecule has 2 aromatic rings. The first-order valence-corrected chi connectivity index (χ1v) is 7.73. The van der Waals surface area contributed by atoms with Gasteiger partial charge in [0.2, 0.25) is 0 Å². The van der Waals surface area contributed by atoms with E-state index in [0.29, 0.717) is 25.9 Å². The second-order valence-electron chi connectivity index (χ2n) is 5.09. The Morgan fingerprint density at radius 1 is 1.20 bits per heavy atom. The molecule has 1 N–H and O–H groups in total. The van der Waals surface area contributed by atoms with Crippen molar-refractivity contribution in [3.05, 3.63) is 47.3 Å². The fraction of sp³-hybridized carbons (Fsp3) is 0.312. The van der Waals surface area contributed by atoms with E-state index in [-0.39, 0.29) is 12.0 Å². The van der Waals surface area contributed by atoms with Gasteiger partial charge in [-0.2, -0.15) is 0 Å². The minimum Gasteiger partial charge on any atom is -0.393 e. The van der Waals surface area contributed by atoms with Crippen LogP contribution < -0.4 is 0 Å². The summed E-state index contributed by atoms with van der Waals surface area (Å²) in [6.45, 7) is 1.30. The largest absolute Gasteiger partial charge is 0.393 e. The van der Waals surface area contributed by atoms with Crippen molar-refractivity contribution in [3.63, 3.8) is 0 Å². The van der Waals surface area contributed by atoms with Crippen LogP contribution in [-0.4, -0.2) is 35.1 Å². The molecule has 3 rings (SSSR count). The van der Waals surface area contributed by atoms with Crippen molar-refractivity contribution in [2.45, 2.75) is 18.9 Å². The summed E-state index contributed by atoms with van der Waals surface area (Å²) in [6, 6.07) is 12.1. The number of rotatable bonds is 2. The number of piperidine rings is 1. The van der Waals surface area contributed by atoms with Gasteiger partial charge >= 0.3 is 0 Å². The number of hydrogen-bond donors (Lipinski definition) is 1. The summed E-state index contributed by atoms with van der Waals surface area (Å²) >= 11 is 1.60. The van der Waals surface area contributed by atoms with Crippen molar-refractivity contribution >= 4 is 17.2 Å². The molecule has 1 aliphatic rings. The van der Waals surface area contributed by atoms with Gasteiger partial charge in [0, 0.05) is 23.3 Å². The predicted molar refractivity (Wildman–Crippen MR) is 80.9 cm³/mol. The number of carbonyl (C=O) groups is 1. The fourth-order valence-electron chi connectivity index (χ4n) is 2.45. The summed E-state index contributed by atoms with van der Waals surface area (Å²) in [6.07, 6.45) is 1.12. The highest BCUT2D eigenvalue weighted by Gasteiger charge is 2.23. The molecule has 1 aromatic carbocycles. The zero-order valence-electron chi connectivity index (χ0n) is 11.2. The van der Waals surface area contributed by atoms with Gasteiger partial charge in [-0.3, -0.25) is 4.79 Å². The number of likely N-dealkylation sites (tertiary alicyclic amines) is 1. The second-order valence-corrected chi connectivity index (χ2v) is 6.00. The van der Waals surface area contributed by atoms with E-state index in [1.165, 1.54) is 0 Å². The van der Waals surface area contributed by atoms with Gasteiger partial charge in [-0.25, -0.2) is 0 Å². The number of thiophene rings is 1. The van der Waals surface area contributed by atoms with Gasteiger partial charge in [-0.15, -0.1) is 11.3 Å². The third-order valence-electron chi connectivity index (χ3n) is 3.66. The number of hydrogen-bond acceptors (Lipinski definition) is 3. The zero-order chi connectivity index (χ0) is 13.9. The number of amides is 1. The van der Waals surface area contributed by atoms with Crippen LogP contribution in [0.15, 0.2) is 41.8 Å². The lowest BCUT2D eigenvalue weighted by Crippen LogP contribution is -2.39. The first-order chi connectivity index (χ1) is 9.74. The van der Waals surface area contributed by atoms with Gasteiger partial charge in [0.25, 0.3) is 5.91 Å². The van der Waals surface area contributed by atoms with E-state index in [1.807, 2.05) is 34.5 Å². The first kappa shape index (κ1) is 13.3. The molecule has 0 aliphatic carbocycles. The fourth-order valence-corrected chi connectivity index (χ4v) is 3.34. The maximum absolute atomic E-state index is 12.4. The summed E-state index contributed by atoms with van der Waals surface area (Å²) in [5.74, 6) is 0.0790. The maximum atomic E-state index is 12.4. The average Bonchev–Trinajstić information content (AvgIpc) is 2.98. The van der Waals surface area contributed by atoms with Crippen molar-refractivity contribution in [1.29, 1.82) is 0 Å². The Hall–Kier alpha value is -1.65. The van der Waals surface area contributed by atoms with E-state index in [1.54, 1.807) is 11.3 Å². The molecule has 0 radical (unpaired) electrons. The smallest absolute Gasteiger partial charge is 0.254 e. The molecule has 0 bridgehead atoms. The maximum Gasteiger partial charge on any atom is 0.254 e. The Kier molecular flexibility index (Phi) is 3.85. The molecule has 4 heteroatoms. The molecule has 1 aliphatic heterocycles. The molecule has 0 unspecified atom stereocenters. The molecule has 1 amide bonds. The number of aliphatic hydroxyl groups excluding tert-OH is 1. The Balaban J connectivity index is 1.75. The lowest BCUT2D eigenvalue weighted by Gasteiger charge is -2.29. The van der Waals surface area contributed by atoms with E-state index in [0.717, 1.165) is 16.0 Å². The quantitative estimate of drug-likeness (QED) is 0.922. The van der Waals surface area contributed by atoms with Gasteiger partial charge in [0.1, 0.15) is 0 Å². The Morgan fingerprint density at radius 2 is 1.90 bits per heavy atom. The van der Waals surface area contributed by atoms with Crippen LogP contribution in [0.5, 0.6) is 0 Å². The van der Waals surface area contributed by atoms with Crippen molar-refractivity contribution < 1.29 is 9.90 Å². The minimum absolute atomic E-state index is 0.0790. The normalized spacial score (nSPS) is 16.4. The van der Waals surface area contributed by atoms with E-state index in [4.69, 9.17) is 0 Å². The zero-order valence-corrected chi connectivity index (χ0v) is 12.0. The van der Waals surface area contributed by atoms with Crippen molar-refractivity contribution in [3.8, 4) is 10.4 Å². The predicted octanol–water partition coefficient (Wildman–Crippen LogP) is 3.01. The van der Waals surface area contributed by atoms with Gasteiger partial charge in [-0.05, 0) is 24.5 Å². The molecule has 3 nitrogen and oxygen atoms in total. The lowest BCUT2D eigenvalue weighted by molar-refractivity contribution is 0.0547. The van der Waals surface area contributed by atoms with Gasteiger partial charge in [0.15, 0.2) is 0 Å². The van der Waals surface area contributed by atoms with Crippen molar-refractivity contribution in [2.75, 3.05) is 13.1 Å². The SMILES string of the molecule is O=C(c1csc(-c2ccccc2)c1)N1CCC(O)CC1. The molecule has 0 atom stereocenters. The van der Waals surface area contributed by atoms with Crippen LogP contribution >= 0.6 is 11.3 Å². The summed E-state index contributed by atoms with van der Waals surface area (Å²) in [4.78, 5) is 15.4. The summed E-state index contributed by atoms with van der Waals surface area (Å²) < 4.78 is 0. The van der Waals surface area contributed by atoms with Gasteiger partial charge < -0.3 is 10.0 Å². The first-order valence-electron chi connectivity index (χ1n) is 6.85. The van der Waals surface area contributed by atoms with E-state index in [9.17, 15) is 9.90 Å². The molecule has 0 saturated carbocycles. The van der Waals surface area contributed by atoms with Crippen molar-refractivity contribution in [2.24, 2.45) is 0 Å². The number of benzene rings is 1. The molecule has 104 valence electrons. The summed E-state index contributed by atoms with van der Waals surface area (Å²) in [7, 11) is 0. The second kappa shape index (κ2) is 5.77. The molecule has 2 heterocycles. The third-order valence-corrected chi connectivity index (χ3v) is 4.64. The monoisotopic (exact) mass is 287 g/mol. The van der Waals surface area contributed by atoms with Crippen LogP contribution in [0.25, 0.3) is 10.4 Å². The molecule has 1 aromatic heterocycles. The summed E-state index contributed by atoms with van der Waals surface area (Å²) in [5, 5.41) is 11.4. The van der Waals surface area contributed by atoms with Gasteiger partial charge in [-0.1, -0.05) is 30.3 Å². The van der Waals surface area contributed by atoms with Crippen molar-refractivity contribution in [1.82, 2.24) is 4.90 Å². The third kappa shape index (κ3) is 2.76. The molecular formula is C16H17NO2S. The highest BCUT2D eigenvalue weighted by Crippen LogP contribution is 2.28. The Morgan fingerprint density at radius 3 is 2.60 bits per heavy atom. The molecule has 20 heavy (non-hydrogen) atoms. The van der Waals surface area contributed by atoms with Crippen LogP contribution in [0.4, 0.5) is 0 Å². The number of aliphatic hydroxyl groups is 1. The van der Waals surface area contributed by atoms with Crippen LogP contribution in [-0.2, 0) is 0 Å². The molecule has 1 fully saturated rings. The number of carbonyl (C=O) groups excluding carboxylic acids is 1. The molecule has 1 saturated heterocycles. The lowest BCUT2D eigenvalue weighted by atomic mass is 10.1. The number of nitrogens with zero attached hydrogens (tertiary/aromatic N) is 1. The summed E-state index contributed by atoms with van der Waals surface area (Å²) in [5.41, 5.74) is 1.90.